The molecule has 0 N–H and O–H groups in total. The van der Waals surface area contributed by atoms with Gasteiger partial charge in [0.05, 0.1) is 20.8 Å². The average molecular weight is 527 g/mol. The fourth-order valence-electron chi connectivity index (χ4n) is 3.36. The Balaban J connectivity index is 2.52. The number of non-ortho nitro benzene ring substituents is 1. The maximum atomic E-state index is 13.5. The van der Waals surface area contributed by atoms with Crippen LogP contribution in [0.1, 0.15) is 19.3 Å². The predicted molar refractivity (Wildman–Crippen MR) is 115 cm³/mol. The number of nitro benzene ring substituents is 1. The molecule has 0 amide bonds. The molecule has 0 radical (unpaired) electrons. The maximum Gasteiger partial charge on any atom is 0.270 e. The molecule has 1 fully saturated rings. The van der Waals surface area contributed by atoms with Gasteiger partial charge < -0.3 is 9.80 Å². The van der Waals surface area contributed by atoms with E-state index in [4.69, 9.17) is 0 Å². The second kappa shape index (κ2) is 10.2. The minimum atomic E-state index is -3.68. The number of hydrogen-bond donors (Lipinski definition) is 0. The first kappa shape index (κ1) is 22.6. The molecule has 10 heteroatoms. The van der Waals surface area contributed by atoms with E-state index >= 15 is 0 Å². The zero-order valence-electron chi connectivity index (χ0n) is 15.3. The Morgan fingerprint density at radius 2 is 1.89 bits per heavy atom. The van der Waals surface area contributed by atoms with E-state index in [-0.39, 0.29) is 10.6 Å². The summed E-state index contributed by atoms with van der Waals surface area (Å²) in [4.78, 5) is 14.9. The molecular formula is C17H25Br2N3O4S. The molecule has 7 nitrogen and oxygen atoms in total. The van der Waals surface area contributed by atoms with Crippen LogP contribution in [0.2, 0.25) is 0 Å². The topological polar surface area (TPSA) is 83.8 Å². The van der Waals surface area contributed by atoms with E-state index in [1.807, 2.05) is 11.9 Å². The molecule has 1 aliphatic heterocycles. The Morgan fingerprint density at radius 1 is 1.22 bits per heavy atom. The molecule has 0 bridgehead atoms. The summed E-state index contributed by atoms with van der Waals surface area (Å²) in [6.07, 6.45) is 1.92. The SMILES string of the molecule is CN1CCCC(S(=O)(=O)c2cc([N+](=O)[O-])ccc2N(CCBr)CCBr)CC1. The third-order valence-electron chi connectivity index (χ3n) is 4.85. The fraction of sp³-hybridized carbons (Fsp3) is 0.647. The van der Waals surface area contributed by atoms with Crippen molar-refractivity contribution >= 4 is 53.1 Å². The molecule has 1 aromatic carbocycles. The maximum absolute atomic E-state index is 13.5. The largest absolute Gasteiger partial charge is 0.369 e. The van der Waals surface area contributed by atoms with Crippen molar-refractivity contribution in [3.63, 3.8) is 0 Å². The van der Waals surface area contributed by atoms with Crippen LogP contribution in [0.3, 0.4) is 0 Å². The van der Waals surface area contributed by atoms with Crippen molar-refractivity contribution in [3.05, 3.63) is 28.3 Å². The van der Waals surface area contributed by atoms with Gasteiger partial charge in [-0.2, -0.15) is 0 Å². The van der Waals surface area contributed by atoms with Crippen LogP contribution in [0, 0.1) is 10.1 Å². The van der Waals surface area contributed by atoms with Crippen LogP contribution < -0.4 is 4.90 Å². The monoisotopic (exact) mass is 525 g/mol. The van der Waals surface area contributed by atoms with Crippen molar-refractivity contribution in [2.75, 3.05) is 48.8 Å². The van der Waals surface area contributed by atoms with E-state index in [0.29, 0.717) is 48.8 Å². The second-order valence-electron chi connectivity index (χ2n) is 6.68. The second-order valence-corrected chi connectivity index (χ2v) is 10.5. The van der Waals surface area contributed by atoms with Crippen molar-refractivity contribution in [1.29, 1.82) is 0 Å². The van der Waals surface area contributed by atoms with Gasteiger partial charge in [-0.3, -0.25) is 10.1 Å². The Morgan fingerprint density at radius 3 is 2.48 bits per heavy atom. The Bertz CT molecular complexity index is 755. The predicted octanol–water partition coefficient (Wildman–Crippen LogP) is 3.45. The van der Waals surface area contributed by atoms with Crippen LogP contribution in [-0.4, -0.2) is 67.4 Å². The van der Waals surface area contributed by atoms with Crippen molar-refractivity contribution in [2.45, 2.75) is 29.4 Å². The van der Waals surface area contributed by atoms with Gasteiger partial charge in [0.25, 0.3) is 5.69 Å². The third kappa shape index (κ3) is 5.65. The number of anilines is 1. The highest BCUT2D eigenvalue weighted by Gasteiger charge is 2.33. The number of rotatable bonds is 8. The Hall–Kier alpha value is -0.710. The van der Waals surface area contributed by atoms with Gasteiger partial charge in [-0.15, -0.1) is 0 Å². The van der Waals surface area contributed by atoms with Crippen LogP contribution in [0.4, 0.5) is 11.4 Å². The molecular weight excluding hydrogens is 502 g/mol. The summed E-state index contributed by atoms with van der Waals surface area (Å²) < 4.78 is 26.9. The van der Waals surface area contributed by atoms with Gasteiger partial charge in [0.15, 0.2) is 9.84 Å². The van der Waals surface area contributed by atoms with Gasteiger partial charge in [-0.05, 0) is 45.5 Å². The van der Waals surface area contributed by atoms with E-state index in [1.54, 1.807) is 6.07 Å². The standard InChI is InChI=1S/C17H25Br2N3O4S/c1-20-9-2-3-15(6-10-20)27(25,26)17-13-14(22(23)24)4-5-16(17)21(11-7-18)12-8-19/h4-5,13,15H,2-3,6-12H2,1H3. The minimum Gasteiger partial charge on any atom is -0.369 e. The molecule has 0 aromatic heterocycles. The lowest BCUT2D eigenvalue weighted by atomic mass is 10.2. The number of benzene rings is 1. The Labute approximate surface area is 177 Å². The number of nitrogens with zero attached hydrogens (tertiary/aromatic N) is 3. The molecule has 27 heavy (non-hydrogen) atoms. The van der Waals surface area contributed by atoms with Gasteiger partial charge in [-0.1, -0.05) is 31.9 Å². The van der Waals surface area contributed by atoms with Crippen molar-refractivity contribution in [3.8, 4) is 0 Å². The molecule has 1 aliphatic rings. The van der Waals surface area contributed by atoms with Crippen molar-refractivity contribution < 1.29 is 13.3 Å². The van der Waals surface area contributed by atoms with Gasteiger partial charge in [0.2, 0.25) is 0 Å². The highest BCUT2D eigenvalue weighted by molar-refractivity contribution is 9.09. The molecule has 1 saturated heterocycles. The number of sulfone groups is 1. The number of likely N-dealkylation sites (tertiary alicyclic amines) is 1. The highest BCUT2D eigenvalue weighted by Crippen LogP contribution is 2.34. The van der Waals surface area contributed by atoms with Crippen LogP contribution in [0.15, 0.2) is 23.1 Å². The minimum absolute atomic E-state index is 0.0770. The van der Waals surface area contributed by atoms with Crippen LogP contribution in [0.25, 0.3) is 0 Å². The van der Waals surface area contributed by atoms with E-state index in [0.717, 1.165) is 13.0 Å². The molecule has 1 atom stereocenters. The quantitative estimate of drug-likeness (QED) is 0.293. The number of hydrogen-bond acceptors (Lipinski definition) is 6. The first-order chi connectivity index (χ1) is 12.8. The summed E-state index contributed by atoms with van der Waals surface area (Å²) in [5.74, 6) is 0. The summed E-state index contributed by atoms with van der Waals surface area (Å²) in [5, 5.41) is 12.1. The van der Waals surface area contributed by atoms with Gasteiger partial charge in [-0.25, -0.2) is 8.42 Å². The first-order valence-electron chi connectivity index (χ1n) is 8.89. The highest BCUT2D eigenvalue weighted by atomic mass is 79.9. The van der Waals surface area contributed by atoms with Crippen molar-refractivity contribution in [1.82, 2.24) is 4.90 Å². The number of halogens is 2. The van der Waals surface area contributed by atoms with Crippen LogP contribution in [0.5, 0.6) is 0 Å². The summed E-state index contributed by atoms with van der Waals surface area (Å²) in [6.45, 7) is 2.80. The van der Waals surface area contributed by atoms with Gasteiger partial charge in [0, 0.05) is 35.9 Å². The van der Waals surface area contributed by atoms with E-state index < -0.39 is 20.0 Å². The average Bonchev–Trinajstić information content (AvgIpc) is 2.86. The van der Waals surface area contributed by atoms with Gasteiger partial charge >= 0.3 is 0 Å². The molecule has 152 valence electrons. The summed E-state index contributed by atoms with van der Waals surface area (Å²) in [5.41, 5.74) is 0.345. The van der Waals surface area contributed by atoms with Crippen LogP contribution >= 0.6 is 31.9 Å². The normalized spacial score (nSPS) is 18.9. The van der Waals surface area contributed by atoms with Gasteiger partial charge in [0.1, 0.15) is 0 Å². The number of nitro groups is 1. The number of alkyl halides is 2. The van der Waals surface area contributed by atoms with E-state index in [1.165, 1.54) is 12.1 Å². The lowest BCUT2D eigenvalue weighted by Crippen LogP contribution is -2.31. The first-order valence-corrected chi connectivity index (χ1v) is 12.7. The lowest BCUT2D eigenvalue weighted by molar-refractivity contribution is -0.385. The molecule has 0 saturated carbocycles. The molecule has 0 aliphatic carbocycles. The molecule has 2 rings (SSSR count). The zero-order valence-corrected chi connectivity index (χ0v) is 19.3. The smallest absolute Gasteiger partial charge is 0.270 e. The zero-order chi connectivity index (χ0) is 20.0. The van der Waals surface area contributed by atoms with Crippen LogP contribution in [-0.2, 0) is 9.84 Å². The molecule has 1 unspecified atom stereocenters. The third-order valence-corrected chi connectivity index (χ3v) is 7.85. The summed E-state index contributed by atoms with van der Waals surface area (Å²) in [6, 6.07) is 4.18. The molecule has 0 spiro atoms. The van der Waals surface area contributed by atoms with Crippen molar-refractivity contribution in [2.24, 2.45) is 0 Å². The fourth-order valence-corrected chi connectivity index (χ4v) is 6.24. The molecule has 1 aromatic rings. The lowest BCUT2D eigenvalue weighted by Gasteiger charge is -2.27. The molecule has 1 heterocycles. The Kier molecular flexibility index (Phi) is 8.51. The van der Waals surface area contributed by atoms with E-state index in [9.17, 15) is 18.5 Å². The summed E-state index contributed by atoms with van der Waals surface area (Å²) >= 11 is 6.81. The summed E-state index contributed by atoms with van der Waals surface area (Å²) in [7, 11) is -1.69. The van der Waals surface area contributed by atoms with E-state index in [2.05, 4.69) is 36.8 Å².